The first-order chi connectivity index (χ1) is 9.81. The van der Waals surface area contributed by atoms with E-state index in [-0.39, 0.29) is 5.56 Å². The van der Waals surface area contributed by atoms with Crippen LogP contribution in [-0.2, 0) is 16.4 Å². The lowest BCUT2D eigenvalue weighted by molar-refractivity contribution is 0.0696. The maximum absolute atomic E-state index is 11.5. The molecule has 116 valence electrons. The largest absolute Gasteiger partial charge is 0.478 e. The summed E-state index contributed by atoms with van der Waals surface area (Å²) in [4.78, 5) is 17.5. The molecule has 7 nitrogen and oxygen atoms in total. The van der Waals surface area contributed by atoms with Gasteiger partial charge in [-0.25, -0.2) is 18.2 Å². The van der Waals surface area contributed by atoms with Crippen molar-refractivity contribution in [3.8, 4) is 0 Å². The van der Waals surface area contributed by atoms with Crippen molar-refractivity contribution >= 4 is 21.8 Å². The van der Waals surface area contributed by atoms with E-state index in [0.29, 0.717) is 38.4 Å². The molecule has 1 saturated heterocycles. The van der Waals surface area contributed by atoms with Crippen LogP contribution in [-0.4, -0.2) is 61.2 Å². The predicted octanol–water partition coefficient (Wildman–Crippen LogP) is 0.424. The van der Waals surface area contributed by atoms with Crippen LogP contribution in [0.5, 0.6) is 0 Å². The van der Waals surface area contributed by atoms with E-state index in [1.54, 1.807) is 6.07 Å². The van der Waals surface area contributed by atoms with E-state index < -0.39 is 16.0 Å². The number of hydrogen-bond donors (Lipinski definition) is 1. The normalized spacial score (nSPS) is 17.0. The molecule has 1 aromatic rings. The molecule has 0 amide bonds. The van der Waals surface area contributed by atoms with Crippen LogP contribution in [0.2, 0.25) is 0 Å². The molecule has 0 radical (unpaired) electrons. The number of rotatable bonds is 4. The van der Waals surface area contributed by atoms with Gasteiger partial charge in [-0.1, -0.05) is 6.92 Å². The molecule has 1 N–H and O–H groups in total. The van der Waals surface area contributed by atoms with Crippen molar-refractivity contribution in [3.05, 3.63) is 23.4 Å². The quantitative estimate of drug-likeness (QED) is 0.866. The summed E-state index contributed by atoms with van der Waals surface area (Å²) in [6.45, 7) is 3.70. The number of carboxylic acids is 1. The molecule has 2 heterocycles. The molecule has 1 aliphatic heterocycles. The van der Waals surface area contributed by atoms with Crippen LogP contribution in [0.1, 0.15) is 23.0 Å². The number of anilines is 1. The SMILES string of the molecule is CCc1cc(C(=O)O)cc(N2CCN(S(C)(=O)=O)CC2)n1. The van der Waals surface area contributed by atoms with Gasteiger partial charge in [0, 0.05) is 31.9 Å². The minimum atomic E-state index is -3.17. The molecule has 0 spiro atoms. The van der Waals surface area contributed by atoms with Crippen molar-refractivity contribution in [2.75, 3.05) is 37.3 Å². The molecule has 0 aromatic carbocycles. The van der Waals surface area contributed by atoms with E-state index in [2.05, 4.69) is 4.98 Å². The van der Waals surface area contributed by atoms with E-state index in [9.17, 15) is 13.2 Å². The molecule has 8 heteroatoms. The molecule has 0 unspecified atom stereocenters. The summed E-state index contributed by atoms with van der Waals surface area (Å²) in [5, 5.41) is 9.14. The number of nitrogens with zero attached hydrogens (tertiary/aromatic N) is 3. The number of hydrogen-bond acceptors (Lipinski definition) is 5. The second-order valence-electron chi connectivity index (χ2n) is 5.01. The Morgan fingerprint density at radius 1 is 1.29 bits per heavy atom. The zero-order valence-electron chi connectivity index (χ0n) is 12.1. The molecule has 0 aliphatic carbocycles. The Morgan fingerprint density at radius 3 is 2.38 bits per heavy atom. The lowest BCUT2D eigenvalue weighted by Gasteiger charge is -2.34. The maximum atomic E-state index is 11.5. The Balaban J connectivity index is 2.20. The smallest absolute Gasteiger partial charge is 0.335 e. The first kappa shape index (κ1) is 15.7. The highest BCUT2D eigenvalue weighted by Crippen LogP contribution is 2.18. The van der Waals surface area contributed by atoms with Gasteiger partial charge in [-0.2, -0.15) is 4.31 Å². The number of carbonyl (C=O) groups is 1. The molecule has 0 atom stereocenters. The van der Waals surface area contributed by atoms with Crippen LogP contribution < -0.4 is 4.90 Å². The monoisotopic (exact) mass is 313 g/mol. The van der Waals surface area contributed by atoms with Crippen molar-refractivity contribution in [2.24, 2.45) is 0 Å². The Hall–Kier alpha value is -1.67. The average molecular weight is 313 g/mol. The minimum Gasteiger partial charge on any atom is -0.478 e. The van der Waals surface area contributed by atoms with Gasteiger partial charge in [0.1, 0.15) is 5.82 Å². The van der Waals surface area contributed by atoms with Crippen molar-refractivity contribution in [3.63, 3.8) is 0 Å². The number of carboxylic acid groups (broad SMARTS) is 1. The van der Waals surface area contributed by atoms with Crippen LogP contribution in [0, 0.1) is 0 Å². The van der Waals surface area contributed by atoms with Crippen LogP contribution in [0.25, 0.3) is 0 Å². The van der Waals surface area contributed by atoms with Crippen LogP contribution in [0.4, 0.5) is 5.82 Å². The third-order valence-electron chi connectivity index (χ3n) is 3.51. The van der Waals surface area contributed by atoms with Gasteiger partial charge in [0.25, 0.3) is 0 Å². The standard InChI is InChI=1S/C13H19N3O4S/c1-3-11-8-10(13(17)18)9-12(14-11)15-4-6-16(7-5-15)21(2,19)20/h8-9H,3-7H2,1-2H3,(H,17,18). The number of pyridine rings is 1. The topological polar surface area (TPSA) is 90.8 Å². The Kier molecular flexibility index (Phi) is 4.48. The highest BCUT2D eigenvalue weighted by molar-refractivity contribution is 7.88. The van der Waals surface area contributed by atoms with Crippen LogP contribution in [0.3, 0.4) is 0 Å². The van der Waals surface area contributed by atoms with Crippen LogP contribution in [0.15, 0.2) is 12.1 Å². The fourth-order valence-corrected chi connectivity index (χ4v) is 3.11. The molecule has 0 saturated carbocycles. The van der Waals surface area contributed by atoms with Gasteiger partial charge in [0.05, 0.1) is 11.8 Å². The maximum Gasteiger partial charge on any atom is 0.335 e. The first-order valence-corrected chi connectivity index (χ1v) is 8.60. The van der Waals surface area contributed by atoms with E-state index in [0.717, 1.165) is 5.69 Å². The van der Waals surface area contributed by atoms with E-state index in [1.165, 1.54) is 16.6 Å². The number of sulfonamides is 1. The Morgan fingerprint density at radius 2 is 1.90 bits per heavy atom. The number of aromatic nitrogens is 1. The zero-order chi connectivity index (χ0) is 15.6. The molecule has 1 aliphatic rings. The van der Waals surface area contributed by atoms with Gasteiger partial charge in [0.15, 0.2) is 0 Å². The lowest BCUT2D eigenvalue weighted by atomic mass is 10.2. The minimum absolute atomic E-state index is 0.211. The fraction of sp³-hybridized carbons (Fsp3) is 0.538. The highest BCUT2D eigenvalue weighted by Gasteiger charge is 2.24. The summed E-state index contributed by atoms with van der Waals surface area (Å²) in [5.74, 6) is -0.386. The molecule has 1 fully saturated rings. The third-order valence-corrected chi connectivity index (χ3v) is 4.81. The average Bonchev–Trinajstić information content (AvgIpc) is 2.46. The second kappa shape index (κ2) is 5.98. The second-order valence-corrected chi connectivity index (χ2v) is 7.00. The first-order valence-electron chi connectivity index (χ1n) is 6.75. The van der Waals surface area contributed by atoms with Crippen molar-refractivity contribution in [1.82, 2.24) is 9.29 Å². The molecule has 1 aromatic heterocycles. The van der Waals surface area contributed by atoms with Crippen molar-refractivity contribution in [1.29, 1.82) is 0 Å². The van der Waals surface area contributed by atoms with Gasteiger partial charge >= 0.3 is 5.97 Å². The highest BCUT2D eigenvalue weighted by atomic mass is 32.2. The molecule has 0 bridgehead atoms. The summed E-state index contributed by atoms with van der Waals surface area (Å²) < 4.78 is 24.4. The molecule has 2 rings (SSSR count). The van der Waals surface area contributed by atoms with Crippen molar-refractivity contribution < 1.29 is 18.3 Å². The molecule has 21 heavy (non-hydrogen) atoms. The summed E-state index contributed by atoms with van der Waals surface area (Å²) in [6.07, 6.45) is 1.85. The van der Waals surface area contributed by atoms with E-state index in [4.69, 9.17) is 5.11 Å². The van der Waals surface area contributed by atoms with Crippen molar-refractivity contribution in [2.45, 2.75) is 13.3 Å². The number of aromatic carboxylic acids is 1. The lowest BCUT2D eigenvalue weighted by Crippen LogP contribution is -2.48. The Bertz CT molecular complexity index is 637. The van der Waals surface area contributed by atoms with Gasteiger partial charge < -0.3 is 10.0 Å². The zero-order valence-corrected chi connectivity index (χ0v) is 12.9. The van der Waals surface area contributed by atoms with Gasteiger partial charge in [-0.15, -0.1) is 0 Å². The van der Waals surface area contributed by atoms with Gasteiger partial charge in [0.2, 0.25) is 10.0 Å². The van der Waals surface area contributed by atoms with E-state index >= 15 is 0 Å². The fourth-order valence-electron chi connectivity index (χ4n) is 2.29. The van der Waals surface area contributed by atoms with Crippen LogP contribution >= 0.6 is 0 Å². The number of aryl methyl sites for hydroxylation is 1. The van der Waals surface area contributed by atoms with Gasteiger partial charge in [-0.05, 0) is 18.6 Å². The predicted molar refractivity (Wildman–Crippen MR) is 79.2 cm³/mol. The summed E-state index contributed by atoms with van der Waals surface area (Å²) in [5.41, 5.74) is 0.929. The van der Waals surface area contributed by atoms with Gasteiger partial charge in [-0.3, -0.25) is 0 Å². The van der Waals surface area contributed by atoms with E-state index in [1.807, 2.05) is 11.8 Å². The summed E-state index contributed by atoms with van der Waals surface area (Å²) in [6, 6.07) is 3.11. The molecular weight excluding hydrogens is 294 g/mol. The summed E-state index contributed by atoms with van der Waals surface area (Å²) in [7, 11) is -3.17. The summed E-state index contributed by atoms with van der Waals surface area (Å²) >= 11 is 0. The third kappa shape index (κ3) is 3.70. The number of piperazine rings is 1. The Labute approximate surface area is 124 Å². The molecular formula is C13H19N3O4S.